The topological polar surface area (TPSA) is 157 Å². The zero-order valence-electron chi connectivity index (χ0n) is 22.1. The van der Waals surface area contributed by atoms with Crippen molar-refractivity contribution < 1.29 is 28.8 Å². The van der Waals surface area contributed by atoms with Crippen molar-refractivity contribution in [2.75, 3.05) is 20.4 Å². The first-order valence-corrected chi connectivity index (χ1v) is 13.2. The van der Waals surface area contributed by atoms with E-state index in [1.807, 2.05) is 0 Å². The smallest absolute Gasteiger partial charge is 0.335 e. The van der Waals surface area contributed by atoms with E-state index in [0.29, 0.717) is 21.4 Å². The maximum absolute atomic E-state index is 13.1. The summed E-state index contributed by atoms with van der Waals surface area (Å²) in [7, 11) is 0. The number of amides is 8. The molecule has 0 unspecified atom stereocenters. The number of nitrogens with zero attached hydrogens (tertiary/aromatic N) is 2. The maximum atomic E-state index is 13.1. The summed E-state index contributed by atoms with van der Waals surface area (Å²) >= 11 is 11.8. The predicted octanol–water partition coefficient (Wildman–Crippen LogP) is 4.46. The minimum absolute atomic E-state index is 0.220. The number of hydrogen-bond acceptors (Lipinski definition) is 8. The van der Waals surface area contributed by atoms with Gasteiger partial charge < -0.3 is 10.6 Å². The largest absolute Gasteiger partial charge is 0.361 e. The Hall–Kier alpha value is -5.46. The summed E-state index contributed by atoms with van der Waals surface area (Å²) in [5.41, 5.74) is 1.39. The first-order valence-electron chi connectivity index (χ1n) is 12.5. The monoisotopic (exact) mass is 618 g/mol. The molecule has 3 aromatic rings. The lowest BCUT2D eigenvalue weighted by Crippen LogP contribution is -2.54. The molecule has 0 bridgehead atoms. The molecule has 2 aliphatic heterocycles. The third-order valence-corrected chi connectivity index (χ3v) is 6.87. The van der Waals surface area contributed by atoms with Crippen LogP contribution >= 0.6 is 23.2 Å². The zero-order chi connectivity index (χ0) is 30.8. The van der Waals surface area contributed by atoms with Crippen molar-refractivity contribution in [3.05, 3.63) is 106 Å². The Kier molecular flexibility index (Phi) is 7.97. The summed E-state index contributed by atoms with van der Waals surface area (Å²) in [5, 5.41) is 10.8. The molecule has 0 atom stereocenters. The van der Waals surface area contributed by atoms with Gasteiger partial charge in [-0.3, -0.25) is 29.8 Å². The molecule has 0 radical (unpaired) electrons. The second-order valence-electron chi connectivity index (χ2n) is 9.19. The van der Waals surface area contributed by atoms with Crippen molar-refractivity contribution in [3.63, 3.8) is 0 Å². The quantitative estimate of drug-likeness (QED) is 0.233. The lowest BCUT2D eigenvalue weighted by atomic mass is 10.1. The number of barbiturate groups is 2. The van der Waals surface area contributed by atoms with Gasteiger partial charge in [-0.05, 0) is 73.2 Å². The van der Waals surface area contributed by atoms with Crippen LogP contribution in [0, 0.1) is 6.92 Å². The highest BCUT2D eigenvalue weighted by Gasteiger charge is 2.38. The summed E-state index contributed by atoms with van der Waals surface area (Å²) in [4.78, 5) is 77.5. The third kappa shape index (κ3) is 5.96. The van der Waals surface area contributed by atoms with Crippen LogP contribution in [-0.2, 0) is 19.2 Å². The molecule has 0 saturated carbocycles. The minimum Gasteiger partial charge on any atom is -0.361 e. The lowest BCUT2D eigenvalue weighted by molar-refractivity contribution is -0.124. The Morgan fingerprint density at radius 1 is 0.628 bits per heavy atom. The number of hydrogen-bond donors (Lipinski definition) is 4. The molecular formula is C29H20Cl2N6O6. The van der Waals surface area contributed by atoms with Gasteiger partial charge in [-0.25, -0.2) is 19.4 Å². The van der Waals surface area contributed by atoms with Crippen molar-refractivity contribution in [3.8, 4) is 0 Å². The summed E-state index contributed by atoms with van der Waals surface area (Å²) in [6.07, 6.45) is 2.33. The number of halogens is 2. The molecule has 0 aromatic heterocycles. The number of aryl methyl sites for hydroxylation is 1. The lowest BCUT2D eigenvalue weighted by Gasteiger charge is -2.26. The second kappa shape index (κ2) is 11.8. The fraction of sp³-hybridized carbons (Fsp3) is 0.0345. The maximum Gasteiger partial charge on any atom is 0.335 e. The van der Waals surface area contributed by atoms with E-state index in [4.69, 9.17) is 23.2 Å². The van der Waals surface area contributed by atoms with E-state index in [-0.39, 0.29) is 22.5 Å². The Morgan fingerprint density at radius 2 is 1.07 bits per heavy atom. The molecule has 2 fully saturated rings. The number of nitrogens with one attached hydrogen (secondary N) is 4. The number of imide groups is 4. The van der Waals surface area contributed by atoms with Crippen LogP contribution in [0.2, 0.25) is 10.0 Å². The van der Waals surface area contributed by atoms with Crippen molar-refractivity contribution in [1.82, 2.24) is 10.6 Å². The average molecular weight is 619 g/mol. The molecule has 5 rings (SSSR count). The highest BCUT2D eigenvalue weighted by atomic mass is 35.5. The molecule has 0 aliphatic carbocycles. The minimum atomic E-state index is -0.901. The third-order valence-electron chi connectivity index (χ3n) is 6.37. The van der Waals surface area contributed by atoms with Gasteiger partial charge in [0.25, 0.3) is 23.6 Å². The highest BCUT2D eigenvalue weighted by Crippen LogP contribution is 2.26. The number of benzene rings is 3. The average Bonchev–Trinajstić information content (AvgIpc) is 2.96. The number of carbonyl (C=O) groups excluding carboxylic acids is 6. The van der Waals surface area contributed by atoms with E-state index >= 15 is 0 Å². The van der Waals surface area contributed by atoms with E-state index < -0.39 is 35.7 Å². The molecule has 2 saturated heterocycles. The molecular weight excluding hydrogens is 599 g/mol. The van der Waals surface area contributed by atoms with Gasteiger partial charge in [0, 0.05) is 33.8 Å². The Bertz CT molecular complexity index is 1770. The molecule has 0 spiro atoms. The van der Waals surface area contributed by atoms with Gasteiger partial charge in [0.2, 0.25) is 0 Å². The molecule has 14 heteroatoms. The van der Waals surface area contributed by atoms with E-state index in [0.717, 1.165) is 21.6 Å². The van der Waals surface area contributed by atoms with E-state index in [1.165, 1.54) is 54.7 Å². The molecule has 12 nitrogen and oxygen atoms in total. The normalized spacial score (nSPS) is 17.4. The number of urea groups is 2. The van der Waals surface area contributed by atoms with Crippen LogP contribution < -0.4 is 31.1 Å². The van der Waals surface area contributed by atoms with Crippen LogP contribution in [0.25, 0.3) is 0 Å². The van der Waals surface area contributed by atoms with Gasteiger partial charge >= 0.3 is 12.1 Å². The highest BCUT2D eigenvalue weighted by molar-refractivity contribution is 6.38. The number of carbonyl (C=O) groups is 6. The van der Waals surface area contributed by atoms with E-state index in [1.54, 1.807) is 25.1 Å². The van der Waals surface area contributed by atoms with Gasteiger partial charge in [-0.1, -0.05) is 29.3 Å². The zero-order valence-corrected chi connectivity index (χ0v) is 23.6. The fourth-order valence-electron chi connectivity index (χ4n) is 4.14. The van der Waals surface area contributed by atoms with Crippen LogP contribution in [0.4, 0.5) is 32.3 Å². The van der Waals surface area contributed by atoms with Gasteiger partial charge in [0.05, 0.1) is 11.4 Å². The van der Waals surface area contributed by atoms with Gasteiger partial charge in [-0.2, -0.15) is 0 Å². The second-order valence-corrected chi connectivity index (χ2v) is 10.1. The van der Waals surface area contributed by atoms with Crippen LogP contribution in [0.5, 0.6) is 0 Å². The molecule has 216 valence electrons. The Balaban J connectivity index is 1.36. The van der Waals surface area contributed by atoms with Crippen molar-refractivity contribution in [2.24, 2.45) is 0 Å². The van der Waals surface area contributed by atoms with E-state index in [9.17, 15) is 28.8 Å². The van der Waals surface area contributed by atoms with Gasteiger partial charge in [-0.15, -0.1) is 0 Å². The van der Waals surface area contributed by atoms with E-state index in [2.05, 4.69) is 21.3 Å². The molecule has 43 heavy (non-hydrogen) atoms. The molecule has 3 aromatic carbocycles. The fourth-order valence-corrected chi connectivity index (χ4v) is 4.39. The molecule has 4 N–H and O–H groups in total. The molecule has 2 heterocycles. The van der Waals surface area contributed by atoms with Crippen molar-refractivity contribution >= 4 is 81.6 Å². The van der Waals surface area contributed by atoms with Gasteiger partial charge in [0.15, 0.2) is 0 Å². The van der Waals surface area contributed by atoms with Crippen molar-refractivity contribution in [1.29, 1.82) is 0 Å². The van der Waals surface area contributed by atoms with Crippen LogP contribution in [0.15, 0.2) is 90.3 Å². The summed E-state index contributed by atoms with van der Waals surface area (Å²) < 4.78 is 0. The predicted molar refractivity (Wildman–Crippen MR) is 160 cm³/mol. The first kappa shape index (κ1) is 29.0. The number of anilines is 4. The number of rotatable bonds is 6. The summed E-state index contributed by atoms with van der Waals surface area (Å²) in [5.74, 6) is -3.46. The van der Waals surface area contributed by atoms with Crippen LogP contribution in [0.1, 0.15) is 5.56 Å². The molecule has 2 aliphatic rings. The summed E-state index contributed by atoms with van der Waals surface area (Å²) in [6.45, 7) is 1.77. The molecule has 8 amide bonds. The SMILES string of the molecule is Cc1ccc(N/C=C2/C(=O)NC(=O)N(c3ccc(Cl)cc3)C2=O)cc1N/C=C1/C(=O)NC(=O)N(c2ccc(Cl)cc2)C1=O. The standard InChI is InChI=1S/C29H20Cl2N6O6/c1-15-2-7-18(32-13-21-24(38)34-28(42)36(26(21)40)19-8-3-16(30)4-9-19)12-23(15)33-14-22-25(39)35-29(43)37(27(22)41)20-10-5-17(31)6-11-20/h2-14,32-33H,1H3,(H,34,38,42)(H,35,39,43)/b21-13-,22-14-. The van der Waals surface area contributed by atoms with Crippen LogP contribution in [-0.4, -0.2) is 35.7 Å². The summed E-state index contributed by atoms with van der Waals surface area (Å²) in [6, 6.07) is 15.1. The van der Waals surface area contributed by atoms with Crippen LogP contribution in [0.3, 0.4) is 0 Å². The van der Waals surface area contributed by atoms with Crippen molar-refractivity contribution in [2.45, 2.75) is 6.92 Å². The Morgan fingerprint density at radius 3 is 1.53 bits per heavy atom. The Labute approximate surface area is 253 Å². The first-order chi connectivity index (χ1) is 20.5. The van der Waals surface area contributed by atoms with Gasteiger partial charge in [0.1, 0.15) is 11.1 Å².